The van der Waals surface area contributed by atoms with Crippen molar-refractivity contribution in [2.45, 2.75) is 6.54 Å². The van der Waals surface area contributed by atoms with Crippen LogP contribution in [0.1, 0.15) is 5.56 Å². The Balaban J connectivity index is 1.68. The summed E-state index contributed by atoms with van der Waals surface area (Å²) in [5, 5.41) is 4.77. The van der Waals surface area contributed by atoms with E-state index in [0.29, 0.717) is 29.0 Å². The summed E-state index contributed by atoms with van der Waals surface area (Å²) in [5.74, 6) is 2.00. The first-order valence-corrected chi connectivity index (χ1v) is 8.39. The Morgan fingerprint density at radius 1 is 1.04 bits per heavy atom. The van der Waals surface area contributed by atoms with E-state index in [1.54, 1.807) is 14.2 Å². The van der Waals surface area contributed by atoms with Gasteiger partial charge in [-0.1, -0.05) is 29.8 Å². The molecule has 0 unspecified atom stereocenters. The normalized spacial score (nSPS) is 10.5. The first-order chi connectivity index (χ1) is 11.7. The molecule has 5 nitrogen and oxygen atoms in total. The number of halogens is 1. The lowest BCUT2D eigenvalue weighted by Crippen LogP contribution is -2.01. The molecular formula is C17H16ClN3O2S. The van der Waals surface area contributed by atoms with Gasteiger partial charge < -0.3 is 14.8 Å². The Hall–Kier alpha value is -2.31. The molecular weight excluding hydrogens is 346 g/mol. The van der Waals surface area contributed by atoms with E-state index in [9.17, 15) is 0 Å². The van der Waals surface area contributed by atoms with Gasteiger partial charge >= 0.3 is 0 Å². The van der Waals surface area contributed by atoms with Gasteiger partial charge in [0, 0.05) is 17.1 Å². The van der Waals surface area contributed by atoms with Crippen LogP contribution in [-0.4, -0.2) is 23.6 Å². The van der Waals surface area contributed by atoms with Gasteiger partial charge in [-0.05, 0) is 41.4 Å². The standard InChI is InChI=1S/C17H16ClN3O2S/c1-22-14-8-3-11(9-15(14)23-2)10-19-17-20-16(24-21-17)12-4-6-13(18)7-5-12/h3-9H,10H2,1-2H3,(H,19,21). The second-order valence-electron chi connectivity index (χ2n) is 4.97. The minimum Gasteiger partial charge on any atom is -0.493 e. The molecule has 0 saturated heterocycles. The van der Waals surface area contributed by atoms with Crippen LogP contribution in [-0.2, 0) is 6.54 Å². The van der Waals surface area contributed by atoms with E-state index in [1.165, 1.54) is 11.5 Å². The SMILES string of the molecule is COc1ccc(CNc2nsc(-c3ccc(Cl)cc3)n2)cc1OC. The van der Waals surface area contributed by atoms with Crippen LogP contribution in [0, 0.1) is 0 Å². The van der Waals surface area contributed by atoms with Crippen LogP contribution < -0.4 is 14.8 Å². The Morgan fingerprint density at radius 2 is 1.79 bits per heavy atom. The lowest BCUT2D eigenvalue weighted by atomic mass is 10.2. The van der Waals surface area contributed by atoms with Crippen molar-refractivity contribution in [2.75, 3.05) is 19.5 Å². The topological polar surface area (TPSA) is 56.3 Å². The molecule has 0 aliphatic carbocycles. The molecule has 0 aliphatic rings. The molecule has 1 heterocycles. The molecule has 0 aliphatic heterocycles. The van der Waals surface area contributed by atoms with E-state index in [4.69, 9.17) is 21.1 Å². The van der Waals surface area contributed by atoms with Gasteiger partial charge in [0.25, 0.3) is 0 Å². The number of benzene rings is 2. The summed E-state index contributed by atoms with van der Waals surface area (Å²) >= 11 is 7.25. The molecule has 0 fully saturated rings. The van der Waals surface area contributed by atoms with Crippen molar-refractivity contribution in [1.82, 2.24) is 9.36 Å². The molecule has 2 aromatic carbocycles. The molecule has 3 rings (SSSR count). The fourth-order valence-electron chi connectivity index (χ4n) is 2.18. The highest BCUT2D eigenvalue weighted by atomic mass is 35.5. The fraction of sp³-hybridized carbons (Fsp3) is 0.176. The fourth-order valence-corrected chi connectivity index (χ4v) is 2.95. The largest absolute Gasteiger partial charge is 0.493 e. The van der Waals surface area contributed by atoms with Crippen LogP contribution in [0.15, 0.2) is 42.5 Å². The zero-order valence-electron chi connectivity index (χ0n) is 13.2. The van der Waals surface area contributed by atoms with E-state index < -0.39 is 0 Å². The third kappa shape index (κ3) is 3.77. The molecule has 0 bridgehead atoms. The summed E-state index contributed by atoms with van der Waals surface area (Å²) in [6.07, 6.45) is 0. The molecule has 0 atom stereocenters. The molecule has 0 spiro atoms. The average Bonchev–Trinajstić information content (AvgIpc) is 3.09. The van der Waals surface area contributed by atoms with E-state index in [1.807, 2.05) is 42.5 Å². The number of nitrogens with one attached hydrogen (secondary N) is 1. The van der Waals surface area contributed by atoms with Crippen molar-refractivity contribution in [2.24, 2.45) is 0 Å². The first kappa shape index (κ1) is 16.5. The summed E-state index contributed by atoms with van der Waals surface area (Å²) in [7, 11) is 3.24. The summed E-state index contributed by atoms with van der Waals surface area (Å²) in [4.78, 5) is 4.50. The van der Waals surface area contributed by atoms with Gasteiger partial charge in [-0.2, -0.15) is 9.36 Å². The van der Waals surface area contributed by atoms with E-state index in [2.05, 4.69) is 14.7 Å². The van der Waals surface area contributed by atoms with Crippen molar-refractivity contribution in [3.8, 4) is 22.1 Å². The molecule has 1 N–H and O–H groups in total. The first-order valence-electron chi connectivity index (χ1n) is 7.24. The lowest BCUT2D eigenvalue weighted by Gasteiger charge is -2.09. The van der Waals surface area contributed by atoms with Gasteiger partial charge in [-0.25, -0.2) is 0 Å². The van der Waals surface area contributed by atoms with Crippen molar-refractivity contribution >= 4 is 29.1 Å². The number of rotatable bonds is 6. The molecule has 24 heavy (non-hydrogen) atoms. The second kappa shape index (κ2) is 7.51. The summed E-state index contributed by atoms with van der Waals surface area (Å²) < 4.78 is 14.9. The van der Waals surface area contributed by atoms with Gasteiger partial charge in [-0.15, -0.1) is 0 Å². The number of methoxy groups -OCH3 is 2. The Bertz CT molecular complexity index is 821. The van der Waals surface area contributed by atoms with Crippen molar-refractivity contribution < 1.29 is 9.47 Å². The van der Waals surface area contributed by atoms with Crippen LogP contribution in [0.3, 0.4) is 0 Å². The Kier molecular flexibility index (Phi) is 5.17. The third-order valence-corrected chi connectivity index (χ3v) is 4.43. The summed E-state index contributed by atoms with van der Waals surface area (Å²) in [5.41, 5.74) is 2.05. The van der Waals surface area contributed by atoms with Gasteiger partial charge in [0.15, 0.2) is 11.5 Å². The lowest BCUT2D eigenvalue weighted by molar-refractivity contribution is 0.354. The van der Waals surface area contributed by atoms with E-state index in [0.717, 1.165) is 16.1 Å². The molecule has 0 amide bonds. The van der Waals surface area contributed by atoms with Crippen LogP contribution >= 0.6 is 23.1 Å². The van der Waals surface area contributed by atoms with Crippen LogP contribution in [0.5, 0.6) is 11.5 Å². The van der Waals surface area contributed by atoms with Crippen molar-refractivity contribution in [1.29, 1.82) is 0 Å². The summed E-state index contributed by atoms with van der Waals surface area (Å²) in [6.45, 7) is 0.594. The minimum atomic E-state index is 0.594. The highest BCUT2D eigenvalue weighted by Crippen LogP contribution is 2.28. The molecule has 124 valence electrons. The minimum absolute atomic E-state index is 0.594. The molecule has 0 saturated carbocycles. The predicted molar refractivity (Wildman–Crippen MR) is 97.2 cm³/mol. The second-order valence-corrected chi connectivity index (χ2v) is 6.16. The average molecular weight is 362 g/mol. The monoisotopic (exact) mass is 361 g/mol. The number of anilines is 1. The van der Waals surface area contributed by atoms with Crippen molar-refractivity contribution in [3.05, 3.63) is 53.1 Å². The number of hydrogen-bond donors (Lipinski definition) is 1. The predicted octanol–water partition coefficient (Wildman–Crippen LogP) is 4.49. The van der Waals surface area contributed by atoms with Crippen LogP contribution in [0.25, 0.3) is 10.6 Å². The maximum absolute atomic E-state index is 5.90. The molecule has 1 aromatic heterocycles. The number of hydrogen-bond acceptors (Lipinski definition) is 6. The number of nitrogens with zero attached hydrogens (tertiary/aromatic N) is 2. The van der Waals surface area contributed by atoms with E-state index >= 15 is 0 Å². The highest BCUT2D eigenvalue weighted by Gasteiger charge is 2.08. The molecule has 7 heteroatoms. The van der Waals surface area contributed by atoms with Crippen LogP contribution in [0.4, 0.5) is 5.95 Å². The van der Waals surface area contributed by atoms with Gasteiger partial charge in [0.2, 0.25) is 5.95 Å². The smallest absolute Gasteiger partial charge is 0.235 e. The van der Waals surface area contributed by atoms with Crippen molar-refractivity contribution in [3.63, 3.8) is 0 Å². The zero-order valence-corrected chi connectivity index (χ0v) is 14.8. The highest BCUT2D eigenvalue weighted by molar-refractivity contribution is 7.09. The maximum atomic E-state index is 5.90. The Morgan fingerprint density at radius 3 is 2.50 bits per heavy atom. The quantitative estimate of drug-likeness (QED) is 0.701. The molecule has 3 aromatic rings. The van der Waals surface area contributed by atoms with Gasteiger partial charge in [0.05, 0.1) is 14.2 Å². The van der Waals surface area contributed by atoms with Gasteiger partial charge in [-0.3, -0.25) is 0 Å². The third-order valence-electron chi connectivity index (χ3n) is 3.42. The summed E-state index contributed by atoms with van der Waals surface area (Å²) in [6, 6.07) is 13.3. The number of ether oxygens (including phenoxy) is 2. The molecule has 0 radical (unpaired) electrons. The van der Waals surface area contributed by atoms with E-state index in [-0.39, 0.29) is 0 Å². The zero-order chi connectivity index (χ0) is 16.9. The number of aromatic nitrogens is 2. The Labute approximate surface area is 149 Å². The van der Waals surface area contributed by atoms with Crippen LogP contribution in [0.2, 0.25) is 5.02 Å². The van der Waals surface area contributed by atoms with Gasteiger partial charge in [0.1, 0.15) is 5.01 Å². The maximum Gasteiger partial charge on any atom is 0.235 e.